The summed E-state index contributed by atoms with van der Waals surface area (Å²) in [5.41, 5.74) is 3.17. The number of benzene rings is 1. The number of pyridine rings is 1. The molecule has 1 aromatic carbocycles. The normalized spacial score (nSPS) is 24.4. The smallest absolute Gasteiger partial charge is 0.269 e. The van der Waals surface area contributed by atoms with Crippen LogP contribution >= 0.6 is 0 Å². The second-order valence-corrected chi connectivity index (χ2v) is 20.3. The lowest BCUT2D eigenvalue weighted by Gasteiger charge is -2.37. The molecule has 0 unspecified atom stereocenters. The van der Waals surface area contributed by atoms with Crippen LogP contribution in [0.25, 0.3) is 22.1 Å². The first-order chi connectivity index (χ1) is 19.2. The zero-order valence-electron chi connectivity index (χ0n) is 23.8. The molecule has 0 spiro atoms. The standard InChI is InChI=1S/C31H39N5O2SSi/c1-40(2,3)26-15-11-23(12-16-26)30-34-28-21-33-31-27(18-20-35(31)39(37,38)25-7-5-4-6-8-25)29(28)36(30)24-13-9-22(10-14-24)17-19-32/h4-8,18,20-24,26H,9-17H2,1-3H3/t22-,23?,24-,26?. The molecule has 0 N–H and O–H groups in total. The van der Waals surface area contributed by atoms with Gasteiger partial charge in [-0.15, -0.1) is 0 Å². The van der Waals surface area contributed by atoms with Crippen LogP contribution in [0, 0.1) is 17.2 Å². The fraction of sp³-hybridized carbons (Fsp3) is 0.516. The van der Waals surface area contributed by atoms with E-state index in [1.54, 1.807) is 36.7 Å². The minimum atomic E-state index is -3.78. The minimum Gasteiger partial charge on any atom is -0.324 e. The van der Waals surface area contributed by atoms with Gasteiger partial charge in [0.05, 0.1) is 22.7 Å². The molecule has 2 fully saturated rings. The van der Waals surface area contributed by atoms with Crippen LogP contribution in [-0.4, -0.2) is 35.0 Å². The molecule has 6 rings (SSSR count). The number of nitriles is 1. The molecule has 0 saturated heterocycles. The van der Waals surface area contributed by atoms with Crippen molar-refractivity contribution in [2.75, 3.05) is 0 Å². The van der Waals surface area contributed by atoms with Gasteiger partial charge in [-0.3, -0.25) is 0 Å². The highest BCUT2D eigenvalue weighted by Crippen LogP contribution is 2.46. The summed E-state index contributed by atoms with van der Waals surface area (Å²) >= 11 is 0. The highest BCUT2D eigenvalue weighted by molar-refractivity contribution is 7.90. The molecule has 0 bridgehead atoms. The number of hydrogen-bond acceptors (Lipinski definition) is 5. The molecule has 2 saturated carbocycles. The zero-order chi connectivity index (χ0) is 28.1. The molecule has 0 radical (unpaired) electrons. The molecule has 40 heavy (non-hydrogen) atoms. The third kappa shape index (κ3) is 4.79. The first-order valence-electron chi connectivity index (χ1n) is 14.7. The maximum atomic E-state index is 13.6. The molecule has 3 heterocycles. The van der Waals surface area contributed by atoms with Gasteiger partial charge in [0.15, 0.2) is 5.65 Å². The van der Waals surface area contributed by atoms with E-state index in [2.05, 4.69) is 35.3 Å². The zero-order valence-corrected chi connectivity index (χ0v) is 25.6. The lowest BCUT2D eigenvalue weighted by molar-refractivity contribution is 0.271. The lowest BCUT2D eigenvalue weighted by atomic mass is 9.83. The molecule has 9 heteroatoms. The quantitative estimate of drug-likeness (QED) is 0.221. The Morgan fingerprint density at radius 2 is 1.68 bits per heavy atom. The Hall–Kier alpha value is -2.96. The monoisotopic (exact) mass is 573 g/mol. The predicted molar refractivity (Wildman–Crippen MR) is 162 cm³/mol. The van der Waals surface area contributed by atoms with Crippen molar-refractivity contribution in [2.24, 2.45) is 5.92 Å². The summed E-state index contributed by atoms with van der Waals surface area (Å²) in [4.78, 5) is 10.1. The lowest BCUT2D eigenvalue weighted by Crippen LogP contribution is -2.31. The molecule has 3 aromatic heterocycles. The highest BCUT2D eigenvalue weighted by Gasteiger charge is 2.35. The van der Waals surface area contributed by atoms with Crippen molar-refractivity contribution in [2.45, 2.75) is 99.8 Å². The van der Waals surface area contributed by atoms with Crippen molar-refractivity contribution in [1.82, 2.24) is 18.5 Å². The van der Waals surface area contributed by atoms with Crippen molar-refractivity contribution in [3.8, 4) is 6.07 Å². The molecule has 7 nitrogen and oxygen atoms in total. The van der Waals surface area contributed by atoms with E-state index in [0.29, 0.717) is 29.9 Å². The van der Waals surface area contributed by atoms with E-state index >= 15 is 0 Å². The average molecular weight is 574 g/mol. The van der Waals surface area contributed by atoms with Crippen molar-refractivity contribution >= 4 is 40.2 Å². The largest absolute Gasteiger partial charge is 0.324 e. The second-order valence-electron chi connectivity index (χ2n) is 13.0. The average Bonchev–Trinajstić information content (AvgIpc) is 3.56. The molecule has 4 aromatic rings. The van der Waals surface area contributed by atoms with Crippen molar-refractivity contribution in [1.29, 1.82) is 5.26 Å². The number of aromatic nitrogens is 4. The van der Waals surface area contributed by atoms with Gasteiger partial charge in [0.1, 0.15) is 11.3 Å². The predicted octanol–water partition coefficient (Wildman–Crippen LogP) is 7.63. The fourth-order valence-electron chi connectivity index (χ4n) is 7.18. The van der Waals surface area contributed by atoms with Crippen LogP contribution in [0.15, 0.2) is 53.7 Å². The van der Waals surface area contributed by atoms with Gasteiger partial charge in [-0.1, -0.05) is 50.7 Å². The second kappa shape index (κ2) is 10.5. The van der Waals surface area contributed by atoms with E-state index in [9.17, 15) is 13.7 Å². The first kappa shape index (κ1) is 27.2. The molecule has 210 valence electrons. The van der Waals surface area contributed by atoms with E-state index in [1.807, 2.05) is 12.1 Å². The Labute approximate surface area is 238 Å². The summed E-state index contributed by atoms with van der Waals surface area (Å²) in [6.07, 6.45) is 13.0. The summed E-state index contributed by atoms with van der Waals surface area (Å²) in [7, 11) is -4.96. The maximum Gasteiger partial charge on any atom is 0.269 e. The highest BCUT2D eigenvalue weighted by atomic mass is 32.2. The molecule has 2 aliphatic rings. The maximum absolute atomic E-state index is 13.6. The summed E-state index contributed by atoms with van der Waals surface area (Å²) < 4.78 is 30.9. The number of hydrogen-bond donors (Lipinski definition) is 0. The number of nitrogens with zero attached hydrogens (tertiary/aromatic N) is 5. The van der Waals surface area contributed by atoms with Gasteiger partial charge in [0.25, 0.3) is 10.0 Å². The molecular formula is C31H39N5O2SSi. The van der Waals surface area contributed by atoms with Gasteiger partial charge in [-0.25, -0.2) is 22.4 Å². The Morgan fingerprint density at radius 1 is 0.975 bits per heavy atom. The van der Waals surface area contributed by atoms with Crippen LogP contribution in [0.2, 0.25) is 25.2 Å². The van der Waals surface area contributed by atoms with Crippen molar-refractivity contribution in [3.63, 3.8) is 0 Å². The Kier molecular flexibility index (Phi) is 7.12. The van der Waals surface area contributed by atoms with Crippen LogP contribution in [0.3, 0.4) is 0 Å². The molecule has 0 atom stereocenters. The van der Waals surface area contributed by atoms with E-state index < -0.39 is 18.1 Å². The summed E-state index contributed by atoms with van der Waals surface area (Å²) in [5.74, 6) is 2.02. The van der Waals surface area contributed by atoms with Gasteiger partial charge < -0.3 is 4.57 Å². The van der Waals surface area contributed by atoms with E-state index in [-0.39, 0.29) is 4.90 Å². The summed E-state index contributed by atoms with van der Waals surface area (Å²) in [6.45, 7) is 7.47. The Morgan fingerprint density at radius 3 is 2.33 bits per heavy atom. The number of imidazole rings is 1. The van der Waals surface area contributed by atoms with Gasteiger partial charge in [0.2, 0.25) is 0 Å². The Balaban J connectivity index is 1.46. The first-order valence-corrected chi connectivity index (χ1v) is 19.8. The van der Waals surface area contributed by atoms with Crippen LogP contribution in [0.4, 0.5) is 0 Å². The third-order valence-corrected chi connectivity index (χ3v) is 14.2. The van der Waals surface area contributed by atoms with Crippen LogP contribution in [-0.2, 0) is 10.0 Å². The summed E-state index contributed by atoms with van der Waals surface area (Å²) in [5, 5.41) is 10.1. The van der Waals surface area contributed by atoms with Gasteiger partial charge in [-0.2, -0.15) is 5.26 Å². The van der Waals surface area contributed by atoms with Crippen molar-refractivity contribution < 1.29 is 8.42 Å². The van der Waals surface area contributed by atoms with E-state index in [0.717, 1.165) is 66.3 Å². The molecular weight excluding hydrogens is 535 g/mol. The van der Waals surface area contributed by atoms with Crippen molar-refractivity contribution in [3.05, 3.63) is 54.6 Å². The topological polar surface area (TPSA) is 93.6 Å². The number of fused-ring (bicyclic) bond motifs is 3. The third-order valence-electron chi connectivity index (χ3n) is 9.53. The fourth-order valence-corrected chi connectivity index (χ4v) is 10.6. The van der Waals surface area contributed by atoms with Gasteiger partial charge >= 0.3 is 0 Å². The van der Waals surface area contributed by atoms with E-state index in [4.69, 9.17) is 4.98 Å². The number of rotatable bonds is 6. The van der Waals surface area contributed by atoms with Gasteiger partial charge in [-0.05, 0) is 68.2 Å². The molecule has 0 aliphatic heterocycles. The molecule has 0 amide bonds. The van der Waals surface area contributed by atoms with Crippen LogP contribution < -0.4 is 0 Å². The van der Waals surface area contributed by atoms with Crippen LogP contribution in [0.5, 0.6) is 0 Å². The van der Waals surface area contributed by atoms with Gasteiger partial charge in [0, 0.05) is 38.0 Å². The Bertz CT molecular complexity index is 1660. The van der Waals surface area contributed by atoms with Crippen LogP contribution in [0.1, 0.15) is 75.6 Å². The SMILES string of the molecule is C[Si](C)(C)C1CCC(c2nc3cnc4c(ccn4S(=O)(=O)c4ccccc4)c3n2[C@H]2CC[C@H](CC#N)CC2)CC1. The summed E-state index contributed by atoms with van der Waals surface area (Å²) in [6, 6.07) is 13.1. The minimum absolute atomic E-state index is 0.249. The van der Waals surface area contributed by atoms with E-state index in [1.165, 1.54) is 16.8 Å². The molecule has 2 aliphatic carbocycles.